The molecule has 0 bridgehead atoms. The van der Waals surface area contributed by atoms with Gasteiger partial charge in [-0.3, -0.25) is 0 Å². The molecule has 1 aliphatic heterocycles. The molecule has 0 spiro atoms. The van der Waals surface area contributed by atoms with Crippen LogP contribution in [0.15, 0.2) is 36.4 Å². The van der Waals surface area contributed by atoms with Crippen LogP contribution in [0.3, 0.4) is 0 Å². The van der Waals surface area contributed by atoms with E-state index in [0.29, 0.717) is 0 Å². The lowest BCUT2D eigenvalue weighted by molar-refractivity contribution is 0.399. The Hall–Kier alpha value is -2.16. The van der Waals surface area contributed by atoms with Crippen molar-refractivity contribution in [1.82, 2.24) is 0 Å². The van der Waals surface area contributed by atoms with Crippen LogP contribution in [-0.2, 0) is 12.8 Å². The Bertz CT molecular complexity index is 637. The molecule has 21 heavy (non-hydrogen) atoms. The molecule has 0 saturated heterocycles. The molecule has 0 fully saturated rings. The van der Waals surface area contributed by atoms with Gasteiger partial charge in [0.15, 0.2) is 0 Å². The number of benzene rings is 2. The second kappa shape index (κ2) is 6.08. The first-order chi connectivity index (χ1) is 10.3. The third-order valence-electron chi connectivity index (χ3n) is 3.99. The molecule has 2 aromatic carbocycles. The first kappa shape index (κ1) is 13.8. The lowest BCUT2D eigenvalue weighted by Crippen LogP contribution is -2.11. The molecule has 1 N–H and O–H groups in total. The van der Waals surface area contributed by atoms with Crippen molar-refractivity contribution < 1.29 is 9.47 Å². The van der Waals surface area contributed by atoms with Crippen molar-refractivity contribution in [3.63, 3.8) is 0 Å². The van der Waals surface area contributed by atoms with Crippen LogP contribution in [0.1, 0.15) is 23.1 Å². The molecule has 2 aromatic rings. The SMILES string of the molecule is COc1ccc(OC)c(Cc2ccc3c(c2)CCCN3)c1. The van der Waals surface area contributed by atoms with Gasteiger partial charge in [0.05, 0.1) is 14.2 Å². The van der Waals surface area contributed by atoms with Crippen molar-refractivity contribution in [2.75, 3.05) is 26.1 Å². The summed E-state index contributed by atoms with van der Waals surface area (Å²) in [5, 5.41) is 3.45. The number of rotatable bonds is 4. The second-order valence-electron chi connectivity index (χ2n) is 5.38. The molecule has 3 heteroatoms. The largest absolute Gasteiger partial charge is 0.497 e. The molecule has 0 radical (unpaired) electrons. The average molecular weight is 283 g/mol. The predicted molar refractivity (Wildman–Crippen MR) is 85.6 cm³/mol. The maximum absolute atomic E-state index is 5.46. The number of methoxy groups -OCH3 is 2. The minimum atomic E-state index is 0.855. The zero-order chi connectivity index (χ0) is 14.7. The van der Waals surface area contributed by atoms with Gasteiger partial charge in [-0.1, -0.05) is 12.1 Å². The van der Waals surface area contributed by atoms with Crippen molar-refractivity contribution in [2.45, 2.75) is 19.3 Å². The van der Waals surface area contributed by atoms with Gasteiger partial charge in [0.2, 0.25) is 0 Å². The van der Waals surface area contributed by atoms with E-state index in [1.807, 2.05) is 12.1 Å². The van der Waals surface area contributed by atoms with Crippen LogP contribution in [0, 0.1) is 0 Å². The number of ether oxygens (including phenoxy) is 2. The first-order valence-electron chi connectivity index (χ1n) is 7.37. The van der Waals surface area contributed by atoms with Crippen LogP contribution in [0.5, 0.6) is 11.5 Å². The normalized spacial score (nSPS) is 13.2. The number of hydrogen-bond donors (Lipinski definition) is 1. The van der Waals surface area contributed by atoms with Gasteiger partial charge in [0.25, 0.3) is 0 Å². The first-order valence-corrected chi connectivity index (χ1v) is 7.37. The van der Waals surface area contributed by atoms with Gasteiger partial charge in [-0.25, -0.2) is 0 Å². The number of aryl methyl sites for hydroxylation is 1. The minimum absolute atomic E-state index is 0.855. The van der Waals surface area contributed by atoms with Gasteiger partial charge in [0.1, 0.15) is 11.5 Å². The number of nitrogens with one attached hydrogen (secondary N) is 1. The Balaban J connectivity index is 1.89. The second-order valence-corrected chi connectivity index (χ2v) is 5.38. The van der Waals surface area contributed by atoms with Crippen molar-refractivity contribution in [1.29, 1.82) is 0 Å². The molecule has 1 heterocycles. The molecular weight excluding hydrogens is 262 g/mol. The number of hydrogen-bond acceptors (Lipinski definition) is 3. The Labute approximate surface area is 125 Å². The summed E-state index contributed by atoms with van der Waals surface area (Å²) in [5.41, 5.74) is 5.16. The van der Waals surface area contributed by atoms with Gasteiger partial charge >= 0.3 is 0 Å². The fourth-order valence-electron chi connectivity index (χ4n) is 2.88. The summed E-state index contributed by atoms with van der Waals surface area (Å²) < 4.78 is 10.8. The predicted octanol–water partition coefficient (Wildman–Crippen LogP) is 3.65. The maximum Gasteiger partial charge on any atom is 0.122 e. The van der Waals surface area contributed by atoms with E-state index in [2.05, 4.69) is 29.6 Å². The van der Waals surface area contributed by atoms with E-state index in [9.17, 15) is 0 Å². The van der Waals surface area contributed by atoms with Crippen LogP contribution in [0.2, 0.25) is 0 Å². The monoisotopic (exact) mass is 283 g/mol. The van der Waals surface area contributed by atoms with E-state index >= 15 is 0 Å². The lowest BCUT2D eigenvalue weighted by atomic mass is 9.97. The lowest BCUT2D eigenvalue weighted by Gasteiger charge is -2.19. The zero-order valence-electron chi connectivity index (χ0n) is 12.6. The van der Waals surface area contributed by atoms with Crippen molar-refractivity contribution in [2.24, 2.45) is 0 Å². The fourth-order valence-corrected chi connectivity index (χ4v) is 2.88. The van der Waals surface area contributed by atoms with Gasteiger partial charge < -0.3 is 14.8 Å². The van der Waals surface area contributed by atoms with E-state index in [1.165, 1.54) is 23.2 Å². The third-order valence-corrected chi connectivity index (χ3v) is 3.99. The van der Waals surface area contributed by atoms with Crippen molar-refractivity contribution in [3.05, 3.63) is 53.1 Å². The summed E-state index contributed by atoms with van der Waals surface area (Å²) in [5.74, 6) is 1.78. The minimum Gasteiger partial charge on any atom is -0.497 e. The van der Waals surface area contributed by atoms with E-state index in [-0.39, 0.29) is 0 Å². The highest BCUT2D eigenvalue weighted by Crippen LogP contribution is 2.28. The number of anilines is 1. The Morgan fingerprint density at radius 3 is 2.76 bits per heavy atom. The third kappa shape index (κ3) is 2.97. The molecule has 0 aromatic heterocycles. The average Bonchev–Trinajstić information content (AvgIpc) is 2.54. The van der Waals surface area contributed by atoms with Gasteiger partial charge in [-0.15, -0.1) is 0 Å². The molecule has 110 valence electrons. The molecular formula is C18H21NO2. The molecule has 0 saturated carbocycles. The molecule has 0 amide bonds. The standard InChI is InChI=1S/C18H21NO2/c1-20-16-6-8-18(21-2)15(12-16)11-13-5-7-17-14(10-13)4-3-9-19-17/h5-8,10,12,19H,3-4,9,11H2,1-2H3. The van der Waals surface area contributed by atoms with E-state index in [0.717, 1.165) is 36.4 Å². The van der Waals surface area contributed by atoms with Gasteiger partial charge in [-0.05, 0) is 48.2 Å². The van der Waals surface area contributed by atoms with E-state index < -0.39 is 0 Å². The van der Waals surface area contributed by atoms with Crippen LogP contribution in [0.4, 0.5) is 5.69 Å². The fraction of sp³-hybridized carbons (Fsp3) is 0.333. The highest BCUT2D eigenvalue weighted by Gasteiger charge is 2.11. The topological polar surface area (TPSA) is 30.5 Å². The molecule has 0 aliphatic carbocycles. The number of fused-ring (bicyclic) bond motifs is 1. The summed E-state index contributed by atoms with van der Waals surface area (Å²) in [7, 11) is 3.40. The van der Waals surface area contributed by atoms with Crippen LogP contribution < -0.4 is 14.8 Å². The van der Waals surface area contributed by atoms with Crippen LogP contribution in [-0.4, -0.2) is 20.8 Å². The summed E-state index contributed by atoms with van der Waals surface area (Å²) in [6, 6.07) is 12.6. The van der Waals surface area contributed by atoms with Gasteiger partial charge in [-0.2, -0.15) is 0 Å². The summed E-state index contributed by atoms with van der Waals surface area (Å²) in [6.45, 7) is 1.08. The maximum atomic E-state index is 5.46. The highest BCUT2D eigenvalue weighted by molar-refractivity contribution is 5.55. The Morgan fingerprint density at radius 1 is 1.05 bits per heavy atom. The van der Waals surface area contributed by atoms with Gasteiger partial charge in [0, 0.05) is 24.2 Å². The molecule has 0 atom stereocenters. The van der Waals surface area contributed by atoms with Crippen LogP contribution in [0.25, 0.3) is 0 Å². The van der Waals surface area contributed by atoms with E-state index in [1.54, 1.807) is 14.2 Å². The molecule has 0 unspecified atom stereocenters. The Kier molecular flexibility index (Phi) is 4.00. The van der Waals surface area contributed by atoms with Crippen molar-refractivity contribution >= 4 is 5.69 Å². The van der Waals surface area contributed by atoms with Crippen molar-refractivity contribution in [3.8, 4) is 11.5 Å². The Morgan fingerprint density at radius 2 is 1.95 bits per heavy atom. The highest BCUT2D eigenvalue weighted by atomic mass is 16.5. The quantitative estimate of drug-likeness (QED) is 0.929. The molecule has 3 nitrogen and oxygen atoms in total. The zero-order valence-corrected chi connectivity index (χ0v) is 12.6. The summed E-state index contributed by atoms with van der Waals surface area (Å²) in [6.07, 6.45) is 3.22. The molecule has 3 rings (SSSR count). The van der Waals surface area contributed by atoms with E-state index in [4.69, 9.17) is 9.47 Å². The summed E-state index contributed by atoms with van der Waals surface area (Å²) >= 11 is 0. The molecule has 1 aliphatic rings. The summed E-state index contributed by atoms with van der Waals surface area (Å²) in [4.78, 5) is 0. The van der Waals surface area contributed by atoms with Crippen LogP contribution >= 0.6 is 0 Å². The smallest absolute Gasteiger partial charge is 0.122 e.